The standard InChI is InChI=1S/C22H30ClN5O3.C18H33NO4/c1-4-20(31-10-9-30-3)22-13-15(2)11-17(14-22)27(22)21(29)26-16-5-6-18(23)19(12-16)28-24-7-8-25-28;1-7-15(22-9-8-21-6)18-11-13(2)10-14(12-18)19(18)16(20)23-17(3,4)5/h5-8,12,15,17,20H,4,9-11,13-14H2,1-3H3,(H,26,29);13-15H,7-12H2,1-6H3. The number of rotatable bonds is 14. The molecule has 3 amide bonds. The van der Waals surface area contributed by atoms with Crippen molar-refractivity contribution in [1.29, 1.82) is 0 Å². The van der Waals surface area contributed by atoms with Crippen LogP contribution in [0.1, 0.15) is 99.8 Å². The molecule has 8 atom stereocenters. The number of piperidine rings is 2. The Labute approximate surface area is 326 Å². The molecule has 0 spiro atoms. The predicted octanol–water partition coefficient (Wildman–Crippen LogP) is 7.74. The van der Waals surface area contributed by atoms with E-state index in [1.54, 1.807) is 44.8 Å². The maximum atomic E-state index is 13.4. The zero-order valence-electron chi connectivity index (χ0n) is 33.8. The minimum atomic E-state index is -0.466. The maximum absolute atomic E-state index is 13.4. The van der Waals surface area contributed by atoms with E-state index >= 15 is 0 Å². The fraction of sp³-hybridized carbons (Fsp3) is 0.750. The highest BCUT2D eigenvalue weighted by atomic mass is 35.5. The van der Waals surface area contributed by atoms with Crippen LogP contribution in [0.15, 0.2) is 30.6 Å². The third kappa shape index (κ3) is 9.01. The summed E-state index contributed by atoms with van der Waals surface area (Å²) in [6.07, 6.45) is 10.8. The highest BCUT2D eigenvalue weighted by Gasteiger charge is 2.63. The molecule has 1 aromatic heterocycles. The molecule has 7 rings (SSSR count). The first-order chi connectivity index (χ1) is 25.7. The van der Waals surface area contributed by atoms with Crippen LogP contribution in [0.5, 0.6) is 0 Å². The fourth-order valence-corrected chi connectivity index (χ4v) is 9.90. The lowest BCUT2D eigenvalue weighted by Gasteiger charge is -2.65. The third-order valence-corrected chi connectivity index (χ3v) is 11.7. The lowest BCUT2D eigenvalue weighted by atomic mass is 9.61. The van der Waals surface area contributed by atoms with E-state index in [2.05, 4.69) is 43.2 Å². The summed E-state index contributed by atoms with van der Waals surface area (Å²) in [5.74, 6) is 1.18. The minimum absolute atomic E-state index is 0.0125. The van der Waals surface area contributed by atoms with E-state index in [1.807, 2.05) is 30.6 Å². The van der Waals surface area contributed by atoms with Crippen LogP contribution in [0, 0.1) is 11.8 Å². The van der Waals surface area contributed by atoms with Gasteiger partial charge in [-0.15, -0.1) is 0 Å². The normalized spacial score (nSPS) is 28.2. The molecule has 2 saturated carbocycles. The van der Waals surface area contributed by atoms with Crippen molar-refractivity contribution in [3.05, 3.63) is 35.6 Å². The lowest BCUT2D eigenvalue weighted by molar-refractivity contribution is -0.189. The number of urea groups is 1. The number of hydrogen-bond donors (Lipinski definition) is 1. The Morgan fingerprint density at radius 1 is 0.852 bits per heavy atom. The van der Waals surface area contributed by atoms with Crippen molar-refractivity contribution < 1.29 is 33.3 Å². The van der Waals surface area contributed by atoms with Crippen LogP contribution in [-0.4, -0.2) is 119 Å². The number of fused-ring (bicyclic) bond motifs is 4. The Balaban J connectivity index is 0.000000218. The summed E-state index contributed by atoms with van der Waals surface area (Å²) in [5, 5.41) is 11.9. The average Bonchev–Trinajstić information content (AvgIpc) is 3.63. The average molecular weight is 775 g/mol. The molecule has 4 heterocycles. The van der Waals surface area contributed by atoms with E-state index < -0.39 is 5.60 Å². The topological polar surface area (TPSA) is 130 Å². The molecule has 54 heavy (non-hydrogen) atoms. The van der Waals surface area contributed by atoms with Gasteiger partial charge in [-0.2, -0.15) is 15.0 Å². The number of anilines is 1. The summed E-state index contributed by atoms with van der Waals surface area (Å²) < 4.78 is 28.2. The zero-order valence-corrected chi connectivity index (χ0v) is 34.6. The quantitative estimate of drug-likeness (QED) is 0.192. The van der Waals surface area contributed by atoms with Gasteiger partial charge in [0.1, 0.15) is 11.3 Å². The second kappa shape index (κ2) is 17.9. The minimum Gasteiger partial charge on any atom is -0.444 e. The van der Waals surface area contributed by atoms with Crippen molar-refractivity contribution in [3.63, 3.8) is 0 Å². The van der Waals surface area contributed by atoms with Gasteiger partial charge in [-0.25, -0.2) is 9.59 Å². The second-order valence-electron chi connectivity index (χ2n) is 16.7. The van der Waals surface area contributed by atoms with Gasteiger partial charge in [0, 0.05) is 32.0 Å². The van der Waals surface area contributed by atoms with E-state index in [9.17, 15) is 9.59 Å². The number of aromatic nitrogens is 3. The molecule has 2 aromatic rings. The SMILES string of the molecule is CCC(OCCOC)C12CC(C)CC(C1)N2C(=O)Nc1ccc(Cl)c(-n2nccn2)c1.CCC(OCCOC)C12CC(C)CC(C1)N2C(=O)OC(C)(C)C. The fourth-order valence-electron chi connectivity index (χ4n) is 9.71. The monoisotopic (exact) mass is 774 g/mol. The van der Waals surface area contributed by atoms with E-state index in [1.165, 1.54) is 4.80 Å². The van der Waals surface area contributed by atoms with E-state index in [0.29, 0.717) is 60.7 Å². The number of halogens is 1. The summed E-state index contributed by atoms with van der Waals surface area (Å²) in [4.78, 5) is 31.6. The van der Waals surface area contributed by atoms with Crippen LogP contribution < -0.4 is 5.32 Å². The molecule has 4 bridgehead atoms. The van der Waals surface area contributed by atoms with Gasteiger partial charge in [0.25, 0.3) is 0 Å². The lowest BCUT2D eigenvalue weighted by Crippen LogP contribution is -2.76. The van der Waals surface area contributed by atoms with Crippen molar-refractivity contribution in [2.75, 3.05) is 46.0 Å². The van der Waals surface area contributed by atoms with Gasteiger partial charge in [0.05, 0.1) is 67.1 Å². The number of ether oxygens (including phenoxy) is 5. The van der Waals surface area contributed by atoms with Crippen LogP contribution in [0.2, 0.25) is 5.02 Å². The summed E-state index contributed by atoms with van der Waals surface area (Å²) in [5.41, 5.74) is 0.335. The van der Waals surface area contributed by atoms with Gasteiger partial charge < -0.3 is 33.9 Å². The molecular weight excluding hydrogens is 712 g/mol. The largest absolute Gasteiger partial charge is 0.444 e. The summed E-state index contributed by atoms with van der Waals surface area (Å²) >= 11 is 6.31. The molecular formula is C40H63ClN6O7. The van der Waals surface area contributed by atoms with Gasteiger partial charge in [0.2, 0.25) is 0 Å². The number of hydrogen-bond acceptors (Lipinski definition) is 9. The second-order valence-corrected chi connectivity index (χ2v) is 17.1. The summed E-state index contributed by atoms with van der Waals surface area (Å²) in [6.45, 7) is 16.8. The Morgan fingerprint density at radius 3 is 1.87 bits per heavy atom. The molecule has 2 aliphatic carbocycles. The molecule has 8 unspecified atom stereocenters. The zero-order chi connectivity index (χ0) is 39.3. The first-order valence-electron chi connectivity index (χ1n) is 19.7. The number of nitrogens with one attached hydrogen (secondary N) is 1. The molecule has 1 aromatic carbocycles. The number of methoxy groups -OCH3 is 2. The van der Waals surface area contributed by atoms with Crippen LogP contribution >= 0.6 is 11.6 Å². The van der Waals surface area contributed by atoms with Crippen molar-refractivity contribution >= 4 is 29.4 Å². The molecule has 1 N–H and O–H groups in total. The molecule has 14 heteroatoms. The highest BCUT2D eigenvalue weighted by molar-refractivity contribution is 6.32. The van der Waals surface area contributed by atoms with Crippen molar-refractivity contribution in [2.45, 2.75) is 141 Å². The molecule has 302 valence electrons. The number of nitrogens with zero attached hydrogens (tertiary/aromatic N) is 5. The van der Waals surface area contributed by atoms with Crippen molar-refractivity contribution in [1.82, 2.24) is 24.8 Å². The number of benzene rings is 1. The van der Waals surface area contributed by atoms with E-state index in [0.717, 1.165) is 51.4 Å². The van der Waals surface area contributed by atoms with Crippen LogP contribution in [0.3, 0.4) is 0 Å². The number of likely N-dealkylation sites (tertiary alicyclic amines) is 1. The first-order valence-corrected chi connectivity index (χ1v) is 20.1. The number of carbonyl (C=O) groups is 2. The molecule has 3 saturated heterocycles. The van der Waals surface area contributed by atoms with E-state index in [-0.39, 0.29) is 41.5 Å². The Morgan fingerprint density at radius 2 is 1.37 bits per heavy atom. The van der Waals surface area contributed by atoms with Gasteiger partial charge in [0.15, 0.2) is 0 Å². The molecule has 13 nitrogen and oxygen atoms in total. The highest BCUT2D eigenvalue weighted by Crippen LogP contribution is 2.54. The van der Waals surface area contributed by atoms with Gasteiger partial charge >= 0.3 is 12.1 Å². The molecule has 5 aliphatic rings. The Hall–Kier alpha value is -2.97. The molecule has 3 aliphatic heterocycles. The smallest absolute Gasteiger partial charge is 0.411 e. The molecule has 5 fully saturated rings. The summed E-state index contributed by atoms with van der Waals surface area (Å²) in [7, 11) is 3.35. The first kappa shape index (κ1) is 42.2. The Bertz CT molecular complexity index is 1540. The summed E-state index contributed by atoms with van der Waals surface area (Å²) in [6, 6.07) is 5.77. The van der Waals surface area contributed by atoms with Crippen molar-refractivity contribution in [3.8, 4) is 5.69 Å². The predicted molar refractivity (Wildman–Crippen MR) is 208 cm³/mol. The number of amides is 3. The van der Waals surface area contributed by atoms with Gasteiger partial charge in [-0.05, 0) is 102 Å². The van der Waals surface area contributed by atoms with Crippen molar-refractivity contribution in [2.24, 2.45) is 11.8 Å². The van der Waals surface area contributed by atoms with Crippen LogP contribution in [0.25, 0.3) is 5.69 Å². The maximum Gasteiger partial charge on any atom is 0.411 e. The van der Waals surface area contributed by atoms with Gasteiger partial charge in [-0.1, -0.05) is 39.3 Å². The van der Waals surface area contributed by atoms with Gasteiger partial charge in [-0.3, -0.25) is 4.90 Å². The molecule has 0 radical (unpaired) electrons. The third-order valence-electron chi connectivity index (χ3n) is 11.4. The number of carbonyl (C=O) groups excluding carboxylic acids is 2. The van der Waals surface area contributed by atoms with Crippen LogP contribution in [-0.2, 0) is 23.7 Å². The van der Waals surface area contributed by atoms with Crippen LogP contribution in [0.4, 0.5) is 15.3 Å². The van der Waals surface area contributed by atoms with E-state index in [4.69, 9.17) is 35.3 Å². The Kier molecular flexibility index (Phi) is 14.0.